The molecule has 0 saturated carbocycles. The smallest absolute Gasteiger partial charge is 0.269 e. The van der Waals surface area contributed by atoms with Gasteiger partial charge >= 0.3 is 0 Å². The SMILES string of the molecule is O=[N+]([O-])c1ccc(C2NC=CN2Cl)cc1. The Balaban J connectivity index is 2.20. The Hall–Kier alpha value is -1.75. The van der Waals surface area contributed by atoms with Crippen LogP contribution in [0.3, 0.4) is 0 Å². The first-order chi connectivity index (χ1) is 7.18. The van der Waals surface area contributed by atoms with Gasteiger partial charge in [-0.1, -0.05) is 0 Å². The van der Waals surface area contributed by atoms with Crippen LogP contribution in [0.4, 0.5) is 5.69 Å². The highest BCUT2D eigenvalue weighted by Gasteiger charge is 2.19. The lowest BCUT2D eigenvalue weighted by atomic mass is 10.1. The molecule has 5 nitrogen and oxygen atoms in total. The third-order valence-electron chi connectivity index (χ3n) is 2.14. The summed E-state index contributed by atoms with van der Waals surface area (Å²) in [6.07, 6.45) is 3.25. The molecule has 1 aliphatic rings. The van der Waals surface area contributed by atoms with E-state index in [1.54, 1.807) is 24.5 Å². The van der Waals surface area contributed by atoms with Gasteiger partial charge in [0.2, 0.25) is 0 Å². The largest absolute Gasteiger partial charge is 0.365 e. The number of benzene rings is 1. The fraction of sp³-hybridized carbons (Fsp3) is 0.111. The molecule has 1 aromatic carbocycles. The second-order valence-corrected chi connectivity index (χ2v) is 3.47. The van der Waals surface area contributed by atoms with Crippen molar-refractivity contribution in [1.82, 2.24) is 9.74 Å². The first kappa shape index (κ1) is 9.79. The van der Waals surface area contributed by atoms with Crippen LogP contribution in [0.15, 0.2) is 36.7 Å². The van der Waals surface area contributed by atoms with Gasteiger partial charge in [-0.3, -0.25) is 14.5 Å². The van der Waals surface area contributed by atoms with E-state index in [0.29, 0.717) is 0 Å². The summed E-state index contributed by atoms with van der Waals surface area (Å²) in [6.45, 7) is 0. The Kier molecular flexibility index (Phi) is 2.47. The molecular weight excluding hydrogens is 218 g/mol. The lowest BCUT2D eigenvalue weighted by molar-refractivity contribution is -0.384. The molecule has 0 saturated heterocycles. The van der Waals surface area contributed by atoms with Crippen LogP contribution in [-0.2, 0) is 0 Å². The molecule has 1 unspecified atom stereocenters. The third-order valence-corrected chi connectivity index (χ3v) is 2.45. The van der Waals surface area contributed by atoms with Crippen molar-refractivity contribution in [2.24, 2.45) is 0 Å². The number of halogens is 1. The van der Waals surface area contributed by atoms with Crippen LogP contribution in [0.2, 0.25) is 0 Å². The van der Waals surface area contributed by atoms with Crippen LogP contribution in [0.5, 0.6) is 0 Å². The van der Waals surface area contributed by atoms with Crippen LogP contribution >= 0.6 is 11.8 Å². The zero-order valence-corrected chi connectivity index (χ0v) is 8.39. The average molecular weight is 226 g/mol. The van der Waals surface area contributed by atoms with Gasteiger partial charge in [0.1, 0.15) is 6.17 Å². The van der Waals surface area contributed by atoms with Crippen LogP contribution in [0.1, 0.15) is 11.7 Å². The minimum atomic E-state index is -0.428. The number of nitrogens with zero attached hydrogens (tertiary/aromatic N) is 2. The summed E-state index contributed by atoms with van der Waals surface area (Å²) in [5.74, 6) is 0. The first-order valence-electron chi connectivity index (χ1n) is 4.29. The maximum absolute atomic E-state index is 10.4. The minimum absolute atomic E-state index is 0.0748. The molecule has 0 aromatic heterocycles. The molecule has 2 rings (SSSR count). The zero-order chi connectivity index (χ0) is 10.8. The van der Waals surface area contributed by atoms with Gasteiger partial charge in [-0.2, -0.15) is 0 Å². The number of non-ortho nitro benzene ring substituents is 1. The van der Waals surface area contributed by atoms with Crippen LogP contribution in [0, 0.1) is 10.1 Å². The quantitative estimate of drug-likeness (QED) is 0.476. The van der Waals surface area contributed by atoms with E-state index in [4.69, 9.17) is 11.8 Å². The maximum Gasteiger partial charge on any atom is 0.269 e. The number of hydrogen-bond acceptors (Lipinski definition) is 4. The predicted octanol–water partition coefficient (Wildman–Crippen LogP) is 2.12. The monoisotopic (exact) mass is 225 g/mol. The molecule has 0 bridgehead atoms. The summed E-state index contributed by atoms with van der Waals surface area (Å²) in [4.78, 5) is 10.0. The Labute approximate surface area is 91.2 Å². The molecule has 15 heavy (non-hydrogen) atoms. The second-order valence-electron chi connectivity index (χ2n) is 3.08. The lowest BCUT2D eigenvalue weighted by Gasteiger charge is -2.18. The van der Waals surface area contributed by atoms with E-state index < -0.39 is 4.92 Å². The van der Waals surface area contributed by atoms with Gasteiger partial charge in [-0.15, -0.1) is 0 Å². The van der Waals surface area contributed by atoms with E-state index in [0.717, 1.165) is 5.56 Å². The van der Waals surface area contributed by atoms with Crippen molar-refractivity contribution in [2.45, 2.75) is 6.17 Å². The lowest BCUT2D eigenvalue weighted by Crippen LogP contribution is -2.19. The van der Waals surface area contributed by atoms with Crippen molar-refractivity contribution in [2.75, 3.05) is 0 Å². The Morgan fingerprint density at radius 3 is 2.53 bits per heavy atom. The van der Waals surface area contributed by atoms with E-state index in [1.807, 2.05) is 0 Å². The van der Waals surface area contributed by atoms with Crippen molar-refractivity contribution in [3.63, 3.8) is 0 Å². The standard InChI is InChI=1S/C9H8ClN3O2/c10-12-6-5-11-9(12)7-1-3-8(4-2-7)13(14)15/h1-6,9,11H. The van der Waals surface area contributed by atoms with Gasteiger partial charge in [0, 0.05) is 36.3 Å². The molecule has 0 aliphatic carbocycles. The molecule has 78 valence electrons. The number of nitro benzene ring substituents is 1. The van der Waals surface area contributed by atoms with Crippen molar-refractivity contribution in [3.8, 4) is 0 Å². The van der Waals surface area contributed by atoms with Gasteiger partial charge in [0.15, 0.2) is 0 Å². The van der Waals surface area contributed by atoms with Crippen LogP contribution < -0.4 is 5.32 Å². The number of nitrogens with one attached hydrogen (secondary N) is 1. The summed E-state index contributed by atoms with van der Waals surface area (Å²) in [7, 11) is 0. The van der Waals surface area contributed by atoms with E-state index >= 15 is 0 Å². The van der Waals surface area contributed by atoms with Crippen molar-refractivity contribution in [1.29, 1.82) is 0 Å². The molecule has 1 aromatic rings. The highest BCUT2D eigenvalue weighted by atomic mass is 35.5. The van der Waals surface area contributed by atoms with E-state index in [-0.39, 0.29) is 11.9 Å². The fourth-order valence-electron chi connectivity index (χ4n) is 1.38. The Bertz CT molecular complexity index is 404. The normalized spacial score (nSPS) is 19.0. The first-order valence-corrected chi connectivity index (χ1v) is 4.63. The number of hydrogen-bond donors (Lipinski definition) is 1. The average Bonchev–Trinajstić information content (AvgIpc) is 2.65. The van der Waals surface area contributed by atoms with Crippen molar-refractivity contribution in [3.05, 3.63) is 52.3 Å². The number of rotatable bonds is 2. The molecular formula is C9H8ClN3O2. The Morgan fingerprint density at radius 2 is 2.07 bits per heavy atom. The minimum Gasteiger partial charge on any atom is -0.365 e. The molecule has 1 N–H and O–H groups in total. The van der Waals surface area contributed by atoms with E-state index in [2.05, 4.69) is 5.32 Å². The van der Waals surface area contributed by atoms with E-state index in [1.165, 1.54) is 16.6 Å². The third kappa shape index (κ3) is 1.87. The van der Waals surface area contributed by atoms with Crippen LogP contribution in [0.25, 0.3) is 0 Å². The molecule has 1 aliphatic heterocycles. The molecule has 0 spiro atoms. The summed E-state index contributed by atoms with van der Waals surface area (Å²) < 4.78 is 1.47. The molecule has 1 heterocycles. The highest BCUT2D eigenvalue weighted by molar-refractivity contribution is 6.14. The maximum atomic E-state index is 10.4. The molecule has 0 amide bonds. The van der Waals surface area contributed by atoms with E-state index in [9.17, 15) is 10.1 Å². The number of nitro groups is 1. The molecule has 6 heteroatoms. The van der Waals surface area contributed by atoms with Gasteiger partial charge in [0.25, 0.3) is 5.69 Å². The highest BCUT2D eigenvalue weighted by Crippen LogP contribution is 2.25. The van der Waals surface area contributed by atoms with Gasteiger partial charge < -0.3 is 5.32 Å². The summed E-state index contributed by atoms with van der Waals surface area (Å²) in [5, 5.41) is 13.5. The second kappa shape index (κ2) is 3.78. The summed E-state index contributed by atoms with van der Waals surface area (Å²) in [6, 6.07) is 6.27. The Morgan fingerprint density at radius 1 is 1.40 bits per heavy atom. The fourth-order valence-corrected chi connectivity index (χ4v) is 1.60. The zero-order valence-electron chi connectivity index (χ0n) is 7.63. The molecule has 0 fully saturated rings. The summed E-state index contributed by atoms with van der Waals surface area (Å²) in [5.41, 5.74) is 0.950. The topological polar surface area (TPSA) is 58.4 Å². The summed E-state index contributed by atoms with van der Waals surface area (Å²) >= 11 is 5.87. The molecule has 0 radical (unpaired) electrons. The van der Waals surface area contributed by atoms with Gasteiger partial charge in [-0.25, -0.2) is 0 Å². The van der Waals surface area contributed by atoms with Crippen molar-refractivity contribution >= 4 is 17.5 Å². The van der Waals surface area contributed by atoms with Crippen LogP contribution in [-0.4, -0.2) is 9.34 Å². The van der Waals surface area contributed by atoms with Gasteiger partial charge in [-0.05, 0) is 17.7 Å². The predicted molar refractivity (Wildman–Crippen MR) is 55.8 cm³/mol. The van der Waals surface area contributed by atoms with Crippen molar-refractivity contribution < 1.29 is 4.92 Å². The molecule has 1 atom stereocenters. The van der Waals surface area contributed by atoms with Gasteiger partial charge in [0.05, 0.1) is 4.92 Å².